The molecule has 0 aliphatic rings. The first-order chi connectivity index (χ1) is 17.2. The summed E-state index contributed by atoms with van der Waals surface area (Å²) in [6.45, 7) is 4.79. The molecule has 0 aliphatic carbocycles. The third-order valence-electron chi connectivity index (χ3n) is 5.86. The molecule has 2 N–H and O–H groups in total. The van der Waals surface area contributed by atoms with E-state index >= 15 is 0 Å². The molecule has 0 saturated carbocycles. The fraction of sp³-hybridized carbons (Fsp3) is 0.962. The summed E-state index contributed by atoms with van der Waals surface area (Å²) in [5.41, 5.74) is 0. The molecule has 8 nitrogen and oxygen atoms in total. The van der Waals surface area contributed by atoms with Crippen LogP contribution in [0.3, 0.4) is 0 Å². The van der Waals surface area contributed by atoms with Crippen LogP contribution in [-0.2, 0) is 23.3 Å². The van der Waals surface area contributed by atoms with Crippen molar-refractivity contribution >= 4 is 22.5 Å². The van der Waals surface area contributed by atoms with Gasteiger partial charge in [0.1, 0.15) is 34.9 Å². The number of hydrogen-bond donors (Lipinski definition) is 2. The smallest absolute Gasteiger partial charge is 0.419 e. The van der Waals surface area contributed by atoms with E-state index in [0.29, 0.717) is 19.6 Å². The average Bonchev–Trinajstić information content (AvgIpc) is 2.83. The third kappa shape index (κ3) is 24.4. The number of rotatable bonds is 26. The van der Waals surface area contributed by atoms with Crippen molar-refractivity contribution in [2.45, 2.75) is 116 Å². The first-order valence-electron chi connectivity index (χ1n) is 14.0. The van der Waals surface area contributed by atoms with Crippen LogP contribution in [-0.4, -0.2) is 80.1 Å². The van der Waals surface area contributed by atoms with E-state index in [9.17, 15) is 14.8 Å². The number of unbranched alkanes of at least 4 members (excludes halogenated alkanes) is 12. The molecule has 0 amide bonds. The van der Waals surface area contributed by atoms with Crippen LogP contribution < -0.4 is 0 Å². The maximum atomic E-state index is 12.2. The van der Waals surface area contributed by atoms with Gasteiger partial charge in [-0.15, -0.1) is 0 Å². The first kappa shape index (κ1) is 36.1. The van der Waals surface area contributed by atoms with Gasteiger partial charge in [-0.05, 0) is 27.4 Å². The number of aliphatic hydroxyl groups is 1. The second-order valence-electron chi connectivity index (χ2n) is 9.92. The maximum absolute atomic E-state index is 12.2. The lowest BCUT2D eigenvalue weighted by molar-refractivity contribution is -0.151. The molecule has 4 atom stereocenters. The second kappa shape index (κ2) is 24.2. The van der Waals surface area contributed by atoms with Crippen molar-refractivity contribution < 1.29 is 33.3 Å². The van der Waals surface area contributed by atoms with Crippen molar-refractivity contribution in [2.24, 2.45) is 0 Å². The van der Waals surface area contributed by atoms with Crippen molar-refractivity contribution in [1.82, 2.24) is 4.90 Å². The Morgan fingerprint density at radius 2 is 1.42 bits per heavy atom. The molecule has 0 aromatic rings. The fourth-order valence-electron chi connectivity index (χ4n) is 3.62. The zero-order chi connectivity index (χ0) is 27.1. The summed E-state index contributed by atoms with van der Waals surface area (Å²) in [6.07, 6.45) is 15.7. The third-order valence-corrected chi connectivity index (χ3v) is 7.82. The molecule has 0 radical (unpaired) electrons. The number of esters is 1. The molecular weight excluding hydrogens is 500 g/mol. The van der Waals surface area contributed by atoms with Crippen LogP contribution in [0.5, 0.6) is 0 Å². The normalized spacial score (nSPS) is 15.1. The van der Waals surface area contributed by atoms with Crippen molar-refractivity contribution in [3.8, 4) is 0 Å². The van der Waals surface area contributed by atoms with Crippen LogP contribution in [0.15, 0.2) is 0 Å². The Morgan fingerprint density at radius 1 is 0.889 bits per heavy atom. The van der Waals surface area contributed by atoms with Crippen LogP contribution in [0.1, 0.15) is 104 Å². The molecule has 0 aromatic carbocycles. The summed E-state index contributed by atoms with van der Waals surface area (Å²) in [5.74, 6) is -0.263. The highest BCUT2D eigenvalue weighted by Gasteiger charge is 2.36. The summed E-state index contributed by atoms with van der Waals surface area (Å²) in [6, 6.07) is 0. The highest BCUT2D eigenvalue weighted by atomic mass is 32.1. The Kier molecular flexibility index (Phi) is 24.2. The number of hydrogen-bond acceptors (Lipinski definition) is 8. The summed E-state index contributed by atoms with van der Waals surface area (Å²) >= 11 is 0. The minimum atomic E-state index is -3.09. The summed E-state index contributed by atoms with van der Waals surface area (Å²) < 4.78 is 22.0. The molecule has 0 fully saturated rings. The van der Waals surface area contributed by atoms with Gasteiger partial charge >= 0.3 is 13.6 Å². The lowest BCUT2D eigenvalue weighted by Gasteiger charge is -2.22. The Bertz CT molecular complexity index is 513. The number of carbonyl (C=O) groups excluding carboxylic acids is 1. The van der Waals surface area contributed by atoms with E-state index in [1.807, 2.05) is 19.0 Å². The molecule has 0 aliphatic heterocycles. The molecule has 0 rings (SSSR count). The Morgan fingerprint density at radius 3 is 1.92 bits per heavy atom. The minimum Gasteiger partial charge on any atom is -0.463 e. The SMILES string of the molecule is CCCCCCCCCCCCCCCC(=O)OCC(CO[P+](O)(P)OCCN(C)C)OC(C)CO. The maximum Gasteiger partial charge on any atom is 0.419 e. The van der Waals surface area contributed by atoms with Gasteiger partial charge in [0.05, 0.1) is 12.7 Å². The van der Waals surface area contributed by atoms with E-state index in [4.69, 9.17) is 18.5 Å². The van der Waals surface area contributed by atoms with Gasteiger partial charge < -0.3 is 19.5 Å². The van der Waals surface area contributed by atoms with Gasteiger partial charge in [-0.3, -0.25) is 4.79 Å². The van der Waals surface area contributed by atoms with E-state index in [0.717, 1.165) is 19.3 Å². The van der Waals surface area contributed by atoms with E-state index in [-0.39, 0.29) is 25.8 Å². The van der Waals surface area contributed by atoms with Gasteiger partial charge in [0.25, 0.3) is 0 Å². The quantitative estimate of drug-likeness (QED) is 0.0770. The topological polar surface area (TPSA) is 97.7 Å². The van der Waals surface area contributed by atoms with Crippen molar-refractivity contribution in [2.75, 3.05) is 47.1 Å². The lowest BCUT2D eigenvalue weighted by Crippen LogP contribution is -2.32. The molecule has 0 heterocycles. The number of carbonyl (C=O) groups is 1. The largest absolute Gasteiger partial charge is 0.463 e. The minimum absolute atomic E-state index is 0.00395. The number of likely N-dealkylation sites (N-methyl/N-ethyl adjacent to an activating group) is 1. The predicted molar refractivity (Wildman–Crippen MR) is 152 cm³/mol. The fourth-order valence-corrected chi connectivity index (χ4v) is 5.00. The number of ether oxygens (including phenoxy) is 2. The van der Waals surface area contributed by atoms with E-state index in [1.54, 1.807) is 6.92 Å². The Hall–Kier alpha value is 0.0900. The van der Waals surface area contributed by atoms with Crippen LogP contribution in [0.25, 0.3) is 0 Å². The molecule has 0 spiro atoms. The van der Waals surface area contributed by atoms with Crippen molar-refractivity contribution in [3.63, 3.8) is 0 Å². The molecule has 4 unspecified atom stereocenters. The van der Waals surface area contributed by atoms with Gasteiger partial charge in [-0.25, -0.2) is 0 Å². The van der Waals surface area contributed by atoms with E-state index in [2.05, 4.69) is 15.9 Å². The zero-order valence-electron chi connectivity index (χ0n) is 23.5. The summed E-state index contributed by atoms with van der Waals surface area (Å²) in [5, 5.41) is 9.29. The van der Waals surface area contributed by atoms with Gasteiger partial charge in [-0.1, -0.05) is 84.0 Å². The monoisotopic (exact) mass is 556 g/mol. The molecular formula is C26H56NO7P2+. The summed E-state index contributed by atoms with van der Waals surface area (Å²) in [7, 11) is 2.96. The van der Waals surface area contributed by atoms with Gasteiger partial charge in [0.2, 0.25) is 0 Å². The van der Waals surface area contributed by atoms with Gasteiger partial charge in [0.15, 0.2) is 0 Å². The van der Waals surface area contributed by atoms with Gasteiger partial charge in [0, 0.05) is 13.0 Å². The second-order valence-corrected chi connectivity index (χ2v) is 13.5. The molecule has 0 aromatic heterocycles. The highest BCUT2D eigenvalue weighted by molar-refractivity contribution is 8.16. The molecule has 0 saturated heterocycles. The summed E-state index contributed by atoms with van der Waals surface area (Å²) in [4.78, 5) is 24.4. The average molecular weight is 557 g/mol. The predicted octanol–water partition coefficient (Wildman–Crippen LogP) is 5.92. The van der Waals surface area contributed by atoms with Gasteiger partial charge in [-0.2, -0.15) is 13.9 Å². The van der Waals surface area contributed by atoms with E-state index in [1.165, 1.54) is 64.2 Å². The lowest BCUT2D eigenvalue weighted by atomic mass is 10.0. The zero-order valence-corrected chi connectivity index (χ0v) is 25.5. The standard InChI is InChI=1S/C26H56NO7P2/c1-5-6-7-8-9-10-11-12-13-14-15-16-17-18-26(29)31-22-25(34-24(2)21-28)23-33-36(30,35)32-20-19-27(3)4/h24-25,28,30H,5-23,35H2,1-4H3/q+1. The van der Waals surface area contributed by atoms with Crippen LogP contribution in [0.2, 0.25) is 0 Å². The van der Waals surface area contributed by atoms with Crippen LogP contribution >= 0.6 is 16.6 Å². The Labute approximate surface area is 223 Å². The van der Waals surface area contributed by atoms with Crippen LogP contribution in [0.4, 0.5) is 0 Å². The number of aliphatic hydroxyl groups excluding tert-OH is 1. The van der Waals surface area contributed by atoms with Crippen LogP contribution in [0, 0.1) is 0 Å². The Balaban J connectivity index is 3.98. The molecule has 10 heteroatoms. The highest BCUT2D eigenvalue weighted by Crippen LogP contribution is 2.64. The van der Waals surface area contributed by atoms with Crippen molar-refractivity contribution in [1.29, 1.82) is 0 Å². The molecule has 216 valence electrons. The molecule has 0 bridgehead atoms. The molecule has 36 heavy (non-hydrogen) atoms. The first-order valence-corrected chi connectivity index (χ1v) is 17.2. The number of nitrogens with zero attached hydrogens (tertiary/aromatic N) is 1. The van der Waals surface area contributed by atoms with E-state index < -0.39 is 19.8 Å². The van der Waals surface area contributed by atoms with Crippen molar-refractivity contribution in [3.05, 3.63) is 0 Å².